The highest BCUT2D eigenvalue weighted by atomic mass is 19.4. The van der Waals surface area contributed by atoms with Gasteiger partial charge in [0.1, 0.15) is 11.6 Å². The zero-order chi connectivity index (χ0) is 33.6. The van der Waals surface area contributed by atoms with E-state index in [0.29, 0.717) is 24.5 Å². The molecule has 0 bridgehead atoms. The van der Waals surface area contributed by atoms with Crippen LogP contribution in [0.4, 0.5) is 17.6 Å². The summed E-state index contributed by atoms with van der Waals surface area (Å²) in [5, 5.41) is 10.3. The fourth-order valence-corrected chi connectivity index (χ4v) is 5.42. The molecular weight excluding hydrogens is 604 g/mol. The normalized spacial score (nSPS) is 18.6. The first-order valence-corrected chi connectivity index (χ1v) is 16.0. The molecule has 3 rings (SSSR count). The molecule has 0 amide bonds. The predicted octanol–water partition coefficient (Wildman–Crippen LogP) is 9.25. The number of esters is 1. The minimum Gasteiger partial charge on any atom is -0.494 e. The SMILES string of the molecule is CCCCCCCCCOc1ccc(C2C=CC(C(=O)O)(c3ccccc3C(=O)OC(CCCOCC)C(F)(F)F)C(F)=C2)cc1. The Morgan fingerprint density at radius 1 is 0.913 bits per heavy atom. The third kappa shape index (κ3) is 9.92. The van der Waals surface area contributed by atoms with Gasteiger partial charge in [0.25, 0.3) is 0 Å². The summed E-state index contributed by atoms with van der Waals surface area (Å²) in [7, 11) is 0. The van der Waals surface area contributed by atoms with Crippen LogP contribution in [0.3, 0.4) is 0 Å². The number of unbranched alkanes of at least 4 members (excludes halogenated alkanes) is 6. The predicted molar refractivity (Wildman–Crippen MR) is 168 cm³/mol. The quantitative estimate of drug-likeness (QED) is 0.0708. The van der Waals surface area contributed by atoms with Crippen molar-refractivity contribution in [3.8, 4) is 5.75 Å². The summed E-state index contributed by atoms with van der Waals surface area (Å²) in [4.78, 5) is 25.7. The first-order valence-electron chi connectivity index (χ1n) is 16.0. The van der Waals surface area contributed by atoms with Crippen molar-refractivity contribution in [2.24, 2.45) is 0 Å². The summed E-state index contributed by atoms with van der Waals surface area (Å²) >= 11 is 0. The van der Waals surface area contributed by atoms with E-state index in [2.05, 4.69) is 6.92 Å². The molecule has 1 N–H and O–H groups in total. The lowest BCUT2D eigenvalue weighted by Gasteiger charge is -2.31. The number of alkyl halides is 3. The Kier molecular flexibility index (Phi) is 14.3. The van der Waals surface area contributed by atoms with E-state index in [1.165, 1.54) is 56.4 Å². The molecule has 0 saturated heterocycles. The molecule has 0 aliphatic heterocycles. The monoisotopic (exact) mass is 648 g/mol. The number of rotatable bonds is 19. The summed E-state index contributed by atoms with van der Waals surface area (Å²) in [6, 6.07) is 12.1. The molecule has 0 saturated carbocycles. The molecule has 1 aliphatic carbocycles. The molecule has 0 fully saturated rings. The van der Waals surface area contributed by atoms with Crippen LogP contribution in [-0.2, 0) is 19.7 Å². The van der Waals surface area contributed by atoms with Crippen molar-refractivity contribution >= 4 is 11.9 Å². The van der Waals surface area contributed by atoms with E-state index in [4.69, 9.17) is 14.2 Å². The number of hydrogen-bond donors (Lipinski definition) is 1. The first kappa shape index (κ1) is 36.8. The average molecular weight is 649 g/mol. The van der Waals surface area contributed by atoms with Gasteiger partial charge in [0.2, 0.25) is 0 Å². The van der Waals surface area contributed by atoms with Gasteiger partial charge in [-0.3, -0.25) is 4.79 Å². The van der Waals surface area contributed by atoms with Crippen LogP contribution in [0, 0.1) is 0 Å². The maximum absolute atomic E-state index is 16.0. The summed E-state index contributed by atoms with van der Waals surface area (Å²) in [6.07, 6.45) is 4.11. The van der Waals surface area contributed by atoms with Crippen molar-refractivity contribution in [1.82, 2.24) is 0 Å². The lowest BCUT2D eigenvalue weighted by Crippen LogP contribution is -2.39. The van der Waals surface area contributed by atoms with Crippen LogP contribution in [0.15, 0.2) is 72.6 Å². The van der Waals surface area contributed by atoms with Crippen molar-refractivity contribution in [3.63, 3.8) is 0 Å². The Balaban J connectivity index is 1.74. The third-order valence-corrected chi connectivity index (χ3v) is 8.02. The van der Waals surface area contributed by atoms with Gasteiger partial charge in [-0.25, -0.2) is 9.18 Å². The molecule has 6 nitrogen and oxygen atoms in total. The van der Waals surface area contributed by atoms with Crippen LogP contribution in [-0.4, -0.2) is 49.1 Å². The number of allylic oxidation sites excluding steroid dienone is 2. The molecule has 3 unspecified atom stereocenters. The van der Waals surface area contributed by atoms with Gasteiger partial charge in [0.15, 0.2) is 11.5 Å². The minimum absolute atomic E-state index is 0.0141. The van der Waals surface area contributed by atoms with Crippen molar-refractivity contribution in [2.75, 3.05) is 19.8 Å². The number of aliphatic carboxylic acids is 1. The number of hydrogen-bond acceptors (Lipinski definition) is 5. The molecule has 3 atom stereocenters. The Bertz CT molecular complexity index is 1320. The second kappa shape index (κ2) is 17.9. The van der Waals surface area contributed by atoms with Crippen molar-refractivity contribution in [3.05, 3.63) is 89.3 Å². The topological polar surface area (TPSA) is 82.1 Å². The fourth-order valence-electron chi connectivity index (χ4n) is 5.42. The van der Waals surface area contributed by atoms with Crippen LogP contribution < -0.4 is 4.74 Å². The van der Waals surface area contributed by atoms with E-state index in [-0.39, 0.29) is 18.6 Å². The smallest absolute Gasteiger partial charge is 0.425 e. The van der Waals surface area contributed by atoms with Gasteiger partial charge >= 0.3 is 18.1 Å². The van der Waals surface area contributed by atoms with Gasteiger partial charge < -0.3 is 19.3 Å². The van der Waals surface area contributed by atoms with Crippen molar-refractivity contribution in [2.45, 2.75) is 95.2 Å². The first-order chi connectivity index (χ1) is 22.0. The van der Waals surface area contributed by atoms with E-state index in [1.54, 1.807) is 31.2 Å². The number of ether oxygens (including phenoxy) is 3. The van der Waals surface area contributed by atoms with Crippen LogP contribution in [0.25, 0.3) is 0 Å². The van der Waals surface area contributed by atoms with E-state index in [9.17, 15) is 27.9 Å². The standard InChI is InChI=1S/C36H44F4O6/c1-3-5-6-7-8-9-12-24-45-28-19-17-26(18-20-28)27-21-22-35(34(42)43,31(37)25-27)30-15-11-10-14-29(30)33(41)46-32(36(38,39)40)16-13-23-44-4-2/h10-11,14-15,17-22,25,27,32H,3-9,12-13,16,23-24H2,1-2H3,(H,42,43). The lowest BCUT2D eigenvalue weighted by atomic mass is 9.72. The van der Waals surface area contributed by atoms with E-state index in [1.807, 2.05) is 0 Å². The van der Waals surface area contributed by atoms with Crippen molar-refractivity contribution in [1.29, 1.82) is 0 Å². The summed E-state index contributed by atoms with van der Waals surface area (Å²) in [5.41, 5.74) is -2.56. The van der Waals surface area contributed by atoms with Crippen LogP contribution >= 0.6 is 0 Å². The minimum atomic E-state index is -4.86. The van der Waals surface area contributed by atoms with E-state index >= 15 is 4.39 Å². The maximum atomic E-state index is 16.0. The molecule has 1 aliphatic rings. The summed E-state index contributed by atoms with van der Waals surface area (Å²) < 4.78 is 72.8. The summed E-state index contributed by atoms with van der Waals surface area (Å²) in [5.74, 6) is -4.05. The van der Waals surface area contributed by atoms with Gasteiger partial charge in [-0.15, -0.1) is 0 Å². The van der Waals surface area contributed by atoms with Gasteiger partial charge in [-0.05, 0) is 61.6 Å². The second-order valence-corrected chi connectivity index (χ2v) is 11.4. The van der Waals surface area contributed by atoms with E-state index in [0.717, 1.165) is 31.1 Å². The van der Waals surface area contributed by atoms with Crippen molar-refractivity contribution < 1.29 is 46.5 Å². The zero-order valence-electron chi connectivity index (χ0n) is 26.5. The van der Waals surface area contributed by atoms with Gasteiger partial charge in [-0.2, -0.15) is 13.2 Å². The average Bonchev–Trinajstić information content (AvgIpc) is 3.03. The number of carboxylic acid groups (broad SMARTS) is 1. The molecule has 10 heteroatoms. The number of carbonyl (C=O) groups excluding carboxylic acids is 1. The highest BCUT2D eigenvalue weighted by Crippen LogP contribution is 2.43. The molecule has 46 heavy (non-hydrogen) atoms. The molecule has 252 valence electrons. The number of benzene rings is 2. The highest BCUT2D eigenvalue weighted by molar-refractivity contribution is 5.97. The second-order valence-electron chi connectivity index (χ2n) is 11.4. The molecule has 0 radical (unpaired) electrons. The number of halogens is 4. The molecule has 0 heterocycles. The third-order valence-electron chi connectivity index (χ3n) is 8.02. The fraction of sp³-hybridized carbons (Fsp3) is 0.500. The van der Waals surface area contributed by atoms with Crippen LogP contribution in [0.2, 0.25) is 0 Å². The largest absolute Gasteiger partial charge is 0.494 e. The van der Waals surface area contributed by atoms with Crippen LogP contribution in [0.1, 0.15) is 99.0 Å². The van der Waals surface area contributed by atoms with E-state index < -0.39 is 53.4 Å². The lowest BCUT2D eigenvalue weighted by molar-refractivity contribution is -0.206. The molecular formula is C36H44F4O6. The Labute approximate surface area is 268 Å². The zero-order valence-corrected chi connectivity index (χ0v) is 26.5. The molecule has 2 aromatic carbocycles. The Hall–Kier alpha value is -3.66. The van der Waals surface area contributed by atoms with Gasteiger partial charge in [0.05, 0.1) is 12.2 Å². The molecule has 2 aromatic rings. The van der Waals surface area contributed by atoms with Gasteiger partial charge in [-0.1, -0.05) is 87.9 Å². The van der Waals surface area contributed by atoms with Gasteiger partial charge in [0, 0.05) is 19.1 Å². The molecule has 0 aromatic heterocycles. The maximum Gasteiger partial charge on any atom is 0.425 e. The highest BCUT2D eigenvalue weighted by Gasteiger charge is 2.48. The van der Waals surface area contributed by atoms with Crippen LogP contribution in [0.5, 0.6) is 5.75 Å². The number of carbonyl (C=O) groups is 2. The Morgan fingerprint density at radius 2 is 1.59 bits per heavy atom. The Morgan fingerprint density at radius 3 is 2.22 bits per heavy atom. The number of carboxylic acids is 1. The molecule has 0 spiro atoms. The summed E-state index contributed by atoms with van der Waals surface area (Å²) in [6.45, 7) is 4.86.